The third kappa shape index (κ3) is 5.28. The monoisotopic (exact) mass is 462 g/mol. The number of nitrogens with one attached hydrogen (secondary N) is 1. The Morgan fingerprint density at radius 3 is 2.48 bits per heavy atom. The molecule has 1 aromatic heterocycles. The zero-order valence-electron chi connectivity index (χ0n) is 19.1. The predicted molar refractivity (Wildman–Crippen MR) is 133 cm³/mol. The number of carbonyl (C=O) groups is 2. The third-order valence-electron chi connectivity index (χ3n) is 6.21. The molecule has 1 N–H and O–H groups in total. The lowest BCUT2D eigenvalue weighted by Gasteiger charge is -2.34. The molecule has 3 aromatic rings. The van der Waals surface area contributed by atoms with Crippen LogP contribution >= 0.6 is 11.3 Å². The average Bonchev–Trinajstić information content (AvgIpc) is 3.52. The molecule has 1 heterocycles. The first-order chi connectivity index (χ1) is 16.1. The van der Waals surface area contributed by atoms with E-state index in [0.29, 0.717) is 11.4 Å². The number of para-hydroxylation sites is 2. The molecule has 0 spiro atoms. The molecule has 4 rings (SSSR count). The second-order valence-electron chi connectivity index (χ2n) is 8.44. The van der Waals surface area contributed by atoms with Gasteiger partial charge in [0.15, 0.2) is 0 Å². The number of methoxy groups -OCH3 is 1. The summed E-state index contributed by atoms with van der Waals surface area (Å²) in [5.74, 6) is 0.266. The van der Waals surface area contributed by atoms with E-state index in [4.69, 9.17) is 4.74 Å². The minimum absolute atomic E-state index is 0.142. The molecule has 0 unspecified atom stereocenters. The van der Waals surface area contributed by atoms with Gasteiger partial charge < -0.3 is 10.1 Å². The molecule has 1 atom stereocenters. The summed E-state index contributed by atoms with van der Waals surface area (Å²) >= 11 is 1.54. The number of thiophene rings is 1. The third-order valence-corrected chi connectivity index (χ3v) is 7.09. The topological polar surface area (TPSA) is 58.6 Å². The summed E-state index contributed by atoms with van der Waals surface area (Å²) in [6.45, 7) is 1.98. The van der Waals surface area contributed by atoms with Crippen LogP contribution in [0.3, 0.4) is 0 Å². The van der Waals surface area contributed by atoms with Crippen LogP contribution < -0.4 is 15.0 Å². The molecule has 0 saturated heterocycles. The number of rotatable bonds is 8. The summed E-state index contributed by atoms with van der Waals surface area (Å²) in [4.78, 5) is 30.3. The Morgan fingerprint density at radius 2 is 1.79 bits per heavy atom. The van der Waals surface area contributed by atoms with E-state index in [-0.39, 0.29) is 24.3 Å². The van der Waals surface area contributed by atoms with Crippen LogP contribution in [-0.4, -0.2) is 25.0 Å². The summed E-state index contributed by atoms with van der Waals surface area (Å²) in [6, 6.07) is 18.4. The molecule has 6 heteroatoms. The maximum absolute atomic E-state index is 13.8. The number of benzene rings is 2. The van der Waals surface area contributed by atoms with Crippen molar-refractivity contribution in [2.75, 3.05) is 12.0 Å². The molecule has 0 bridgehead atoms. The van der Waals surface area contributed by atoms with Gasteiger partial charge in [-0.15, -0.1) is 11.3 Å². The maximum Gasteiger partial charge on any atom is 0.248 e. The zero-order valence-corrected chi connectivity index (χ0v) is 19.9. The SMILES string of the molecule is COc1ccccc1N(C(=O)Cc1cccs1)[C@@H](C(=O)NC1CCCC1)c1ccccc1C. The number of aryl methyl sites for hydroxylation is 1. The van der Waals surface area contributed by atoms with E-state index in [9.17, 15) is 9.59 Å². The van der Waals surface area contributed by atoms with Gasteiger partial charge in [-0.25, -0.2) is 0 Å². The molecule has 5 nitrogen and oxygen atoms in total. The highest BCUT2D eigenvalue weighted by Gasteiger charge is 2.36. The van der Waals surface area contributed by atoms with Gasteiger partial charge in [-0.1, -0.05) is 55.3 Å². The fourth-order valence-corrected chi connectivity index (χ4v) is 5.23. The number of hydrogen-bond acceptors (Lipinski definition) is 4. The highest BCUT2D eigenvalue weighted by atomic mass is 32.1. The molecular weight excluding hydrogens is 432 g/mol. The number of hydrogen-bond donors (Lipinski definition) is 1. The van der Waals surface area contributed by atoms with Gasteiger partial charge in [-0.05, 0) is 54.5 Å². The molecule has 0 aliphatic heterocycles. The van der Waals surface area contributed by atoms with Crippen molar-refractivity contribution in [3.05, 3.63) is 82.0 Å². The average molecular weight is 463 g/mol. The Kier molecular flexibility index (Phi) is 7.45. The quantitative estimate of drug-likeness (QED) is 0.485. The van der Waals surface area contributed by atoms with E-state index in [1.54, 1.807) is 12.0 Å². The summed E-state index contributed by atoms with van der Waals surface area (Å²) in [6.07, 6.45) is 4.41. The highest BCUT2D eigenvalue weighted by molar-refractivity contribution is 7.10. The minimum atomic E-state index is -0.796. The molecule has 1 fully saturated rings. The summed E-state index contributed by atoms with van der Waals surface area (Å²) in [5.41, 5.74) is 2.38. The first-order valence-electron chi connectivity index (χ1n) is 11.4. The van der Waals surface area contributed by atoms with Gasteiger partial charge in [0.1, 0.15) is 11.8 Å². The summed E-state index contributed by atoms with van der Waals surface area (Å²) in [7, 11) is 1.59. The lowest BCUT2D eigenvalue weighted by molar-refractivity contribution is -0.127. The van der Waals surface area contributed by atoms with Crippen LogP contribution in [0, 0.1) is 6.92 Å². The standard InChI is InChI=1S/C27H30N2O3S/c1-19-10-3-6-14-22(19)26(27(31)28-20-11-4-5-12-20)29(23-15-7-8-16-24(23)32-2)25(30)18-21-13-9-17-33-21/h3,6-10,13-17,20,26H,4-5,11-12,18H2,1-2H3,(H,28,31)/t26-/m1/s1. The van der Waals surface area contributed by atoms with Crippen LogP contribution in [0.15, 0.2) is 66.0 Å². The Labute approximate surface area is 199 Å². The normalized spacial score (nSPS) is 14.6. The molecule has 1 aliphatic carbocycles. The Balaban J connectivity index is 1.81. The van der Waals surface area contributed by atoms with Gasteiger partial charge in [0, 0.05) is 10.9 Å². The second kappa shape index (κ2) is 10.7. The van der Waals surface area contributed by atoms with Gasteiger partial charge in [0.25, 0.3) is 0 Å². The lowest BCUT2D eigenvalue weighted by Crippen LogP contribution is -2.47. The van der Waals surface area contributed by atoms with Crippen LogP contribution in [0.5, 0.6) is 5.75 Å². The molecule has 1 saturated carbocycles. The highest BCUT2D eigenvalue weighted by Crippen LogP contribution is 2.37. The fourth-order valence-electron chi connectivity index (χ4n) is 4.54. The van der Waals surface area contributed by atoms with Gasteiger partial charge in [0.05, 0.1) is 19.2 Å². The van der Waals surface area contributed by atoms with E-state index < -0.39 is 6.04 Å². The van der Waals surface area contributed by atoms with Crippen LogP contribution in [0.2, 0.25) is 0 Å². The lowest BCUT2D eigenvalue weighted by atomic mass is 9.97. The zero-order chi connectivity index (χ0) is 23.2. The van der Waals surface area contributed by atoms with Gasteiger partial charge in [0.2, 0.25) is 11.8 Å². The van der Waals surface area contributed by atoms with E-state index in [1.165, 1.54) is 11.3 Å². The van der Waals surface area contributed by atoms with Crippen molar-refractivity contribution in [2.24, 2.45) is 0 Å². The smallest absolute Gasteiger partial charge is 0.248 e. The Morgan fingerprint density at radius 1 is 1.06 bits per heavy atom. The van der Waals surface area contributed by atoms with E-state index in [1.807, 2.05) is 73.0 Å². The van der Waals surface area contributed by atoms with Gasteiger partial charge in [-0.3, -0.25) is 14.5 Å². The van der Waals surface area contributed by atoms with Crippen LogP contribution in [0.4, 0.5) is 5.69 Å². The number of anilines is 1. The maximum atomic E-state index is 13.8. The number of carbonyl (C=O) groups excluding carboxylic acids is 2. The van der Waals surface area contributed by atoms with Crippen molar-refractivity contribution in [1.29, 1.82) is 0 Å². The van der Waals surface area contributed by atoms with Crippen molar-refractivity contribution in [1.82, 2.24) is 5.32 Å². The van der Waals surface area contributed by atoms with Crippen molar-refractivity contribution in [2.45, 2.75) is 51.1 Å². The molecule has 1 aliphatic rings. The fraction of sp³-hybridized carbons (Fsp3) is 0.333. The predicted octanol–water partition coefficient (Wildman–Crippen LogP) is 5.44. The number of ether oxygens (including phenoxy) is 1. The van der Waals surface area contributed by atoms with E-state index in [2.05, 4.69) is 5.32 Å². The number of amides is 2. The minimum Gasteiger partial charge on any atom is -0.495 e. The molecule has 172 valence electrons. The molecule has 0 radical (unpaired) electrons. The first-order valence-corrected chi connectivity index (χ1v) is 12.3. The molecule has 2 aromatic carbocycles. The van der Waals surface area contributed by atoms with E-state index in [0.717, 1.165) is 41.7 Å². The van der Waals surface area contributed by atoms with Crippen molar-refractivity contribution < 1.29 is 14.3 Å². The summed E-state index contributed by atoms with van der Waals surface area (Å²) < 4.78 is 5.62. The second-order valence-corrected chi connectivity index (χ2v) is 9.47. The molecule has 2 amide bonds. The van der Waals surface area contributed by atoms with Crippen molar-refractivity contribution in [3.63, 3.8) is 0 Å². The van der Waals surface area contributed by atoms with E-state index >= 15 is 0 Å². The van der Waals surface area contributed by atoms with Gasteiger partial charge >= 0.3 is 0 Å². The van der Waals surface area contributed by atoms with Crippen LogP contribution in [0.25, 0.3) is 0 Å². The summed E-state index contributed by atoms with van der Waals surface area (Å²) in [5, 5.41) is 5.20. The number of nitrogens with zero attached hydrogens (tertiary/aromatic N) is 1. The van der Waals surface area contributed by atoms with Gasteiger partial charge in [-0.2, -0.15) is 0 Å². The van der Waals surface area contributed by atoms with Crippen molar-refractivity contribution >= 4 is 28.8 Å². The molecule has 33 heavy (non-hydrogen) atoms. The molecular formula is C27H30N2O3S. The Bertz CT molecular complexity index is 1090. The largest absolute Gasteiger partial charge is 0.495 e. The Hall–Kier alpha value is -3.12. The first kappa shape index (κ1) is 23.1. The van der Waals surface area contributed by atoms with Crippen LogP contribution in [0.1, 0.15) is 47.7 Å². The van der Waals surface area contributed by atoms with Crippen molar-refractivity contribution in [3.8, 4) is 5.75 Å². The van der Waals surface area contributed by atoms with Crippen LogP contribution in [-0.2, 0) is 16.0 Å².